The number of alkyl halides is 2. The number of para-hydroxylation sites is 1. The van der Waals surface area contributed by atoms with Gasteiger partial charge in [-0.1, -0.05) is 50.1 Å². The number of aromatic amines is 1. The van der Waals surface area contributed by atoms with Gasteiger partial charge in [-0.25, -0.2) is 0 Å². The molecule has 0 saturated heterocycles. The van der Waals surface area contributed by atoms with Crippen LogP contribution in [0.4, 0.5) is 0 Å². The monoisotopic (exact) mass is 301 g/mol. The van der Waals surface area contributed by atoms with E-state index in [4.69, 9.17) is 0 Å². The number of benzene rings is 1. The van der Waals surface area contributed by atoms with E-state index < -0.39 is 0 Å². The minimum atomic E-state index is 0.878. The SMILES string of the molecule is BrCc1[nH]c2ccccc2c1CBr. The Labute approximate surface area is 93.8 Å². The van der Waals surface area contributed by atoms with Crippen LogP contribution in [0.5, 0.6) is 0 Å². The number of aromatic nitrogens is 1. The number of rotatable bonds is 2. The number of H-pyrrole nitrogens is 1. The molecule has 0 amide bonds. The maximum absolute atomic E-state index is 3.51. The Hall–Kier alpha value is -0.280. The molecule has 0 saturated carbocycles. The first kappa shape index (κ1) is 9.28. The van der Waals surface area contributed by atoms with Crippen molar-refractivity contribution in [2.75, 3.05) is 0 Å². The largest absolute Gasteiger partial charge is 0.357 e. The van der Waals surface area contributed by atoms with Gasteiger partial charge in [0.25, 0.3) is 0 Å². The fourth-order valence-electron chi connectivity index (χ4n) is 1.52. The van der Waals surface area contributed by atoms with Crippen molar-refractivity contribution < 1.29 is 0 Å². The fraction of sp³-hybridized carbons (Fsp3) is 0.200. The van der Waals surface area contributed by atoms with Gasteiger partial charge in [0.05, 0.1) is 0 Å². The van der Waals surface area contributed by atoms with E-state index >= 15 is 0 Å². The molecule has 2 aromatic rings. The van der Waals surface area contributed by atoms with E-state index in [1.165, 1.54) is 22.2 Å². The zero-order valence-corrected chi connectivity index (χ0v) is 10.2. The predicted octanol–water partition coefficient (Wildman–Crippen LogP) is 3.96. The average Bonchev–Trinajstić information content (AvgIpc) is 2.55. The van der Waals surface area contributed by atoms with Gasteiger partial charge in [0.1, 0.15) is 0 Å². The lowest BCUT2D eigenvalue weighted by molar-refractivity contribution is 1.23. The molecule has 1 N–H and O–H groups in total. The highest BCUT2D eigenvalue weighted by Crippen LogP contribution is 2.25. The van der Waals surface area contributed by atoms with Gasteiger partial charge >= 0.3 is 0 Å². The van der Waals surface area contributed by atoms with Gasteiger partial charge in [-0.05, 0) is 11.6 Å². The van der Waals surface area contributed by atoms with Crippen LogP contribution in [-0.2, 0) is 10.7 Å². The molecular weight excluding hydrogens is 294 g/mol. The third kappa shape index (κ3) is 1.55. The summed E-state index contributed by atoms with van der Waals surface area (Å²) in [6.07, 6.45) is 0. The Morgan fingerprint density at radius 2 is 1.85 bits per heavy atom. The first-order valence-electron chi connectivity index (χ1n) is 4.07. The number of hydrogen-bond acceptors (Lipinski definition) is 0. The average molecular weight is 303 g/mol. The van der Waals surface area contributed by atoms with Crippen molar-refractivity contribution in [3.05, 3.63) is 35.5 Å². The van der Waals surface area contributed by atoms with E-state index in [-0.39, 0.29) is 0 Å². The number of nitrogens with one attached hydrogen (secondary N) is 1. The highest BCUT2D eigenvalue weighted by Gasteiger charge is 2.07. The van der Waals surface area contributed by atoms with Gasteiger partial charge in [0.2, 0.25) is 0 Å². The summed E-state index contributed by atoms with van der Waals surface area (Å²) in [6.45, 7) is 0. The molecule has 13 heavy (non-hydrogen) atoms. The normalized spacial score (nSPS) is 10.9. The van der Waals surface area contributed by atoms with Gasteiger partial charge in [0, 0.05) is 27.3 Å². The third-order valence-electron chi connectivity index (χ3n) is 2.17. The zero-order valence-electron chi connectivity index (χ0n) is 6.98. The smallest absolute Gasteiger partial charge is 0.0459 e. The molecule has 1 aromatic carbocycles. The van der Waals surface area contributed by atoms with Crippen molar-refractivity contribution in [2.24, 2.45) is 0 Å². The standard InChI is InChI=1S/C10H9Br2N/c11-5-8-7-3-1-2-4-9(7)13-10(8)6-12/h1-4,13H,5-6H2. The molecule has 1 aromatic heterocycles. The quantitative estimate of drug-likeness (QED) is 0.808. The van der Waals surface area contributed by atoms with Crippen LogP contribution in [0, 0.1) is 0 Å². The molecule has 3 heteroatoms. The number of fused-ring (bicyclic) bond motifs is 1. The number of halogens is 2. The second kappa shape index (κ2) is 3.84. The molecule has 1 nitrogen and oxygen atoms in total. The Balaban J connectivity index is 2.73. The summed E-state index contributed by atoms with van der Waals surface area (Å²) in [4.78, 5) is 3.39. The molecule has 2 rings (SSSR count). The maximum Gasteiger partial charge on any atom is 0.0459 e. The molecule has 0 unspecified atom stereocenters. The van der Waals surface area contributed by atoms with Gasteiger partial charge < -0.3 is 4.98 Å². The van der Waals surface area contributed by atoms with Gasteiger partial charge in [-0.15, -0.1) is 0 Å². The zero-order chi connectivity index (χ0) is 9.26. The molecule has 0 aliphatic rings. The molecule has 0 aliphatic heterocycles. The van der Waals surface area contributed by atoms with Crippen molar-refractivity contribution >= 4 is 42.8 Å². The summed E-state index contributed by atoms with van der Waals surface area (Å²) in [5.41, 5.74) is 3.83. The van der Waals surface area contributed by atoms with E-state index in [2.05, 4.69) is 61.1 Å². The Morgan fingerprint density at radius 1 is 1.08 bits per heavy atom. The van der Waals surface area contributed by atoms with E-state index in [1.807, 2.05) is 0 Å². The summed E-state index contributed by atoms with van der Waals surface area (Å²) in [5.74, 6) is 0. The van der Waals surface area contributed by atoms with E-state index in [0.29, 0.717) is 0 Å². The Kier molecular flexibility index (Phi) is 2.74. The second-order valence-electron chi connectivity index (χ2n) is 2.89. The van der Waals surface area contributed by atoms with Crippen molar-refractivity contribution in [2.45, 2.75) is 10.7 Å². The fourth-order valence-corrected chi connectivity index (χ4v) is 2.64. The molecular formula is C10H9Br2N. The van der Waals surface area contributed by atoms with E-state index in [1.54, 1.807) is 0 Å². The van der Waals surface area contributed by atoms with Gasteiger partial charge in [-0.3, -0.25) is 0 Å². The molecule has 0 aliphatic carbocycles. The van der Waals surface area contributed by atoms with Crippen molar-refractivity contribution in [1.82, 2.24) is 4.98 Å². The van der Waals surface area contributed by atoms with Gasteiger partial charge in [0.15, 0.2) is 0 Å². The van der Waals surface area contributed by atoms with Crippen LogP contribution >= 0.6 is 31.9 Å². The third-order valence-corrected chi connectivity index (χ3v) is 3.29. The lowest BCUT2D eigenvalue weighted by atomic mass is 10.2. The lowest BCUT2D eigenvalue weighted by Gasteiger charge is -1.94. The van der Waals surface area contributed by atoms with Crippen LogP contribution in [0.1, 0.15) is 11.3 Å². The van der Waals surface area contributed by atoms with Crippen LogP contribution in [0.25, 0.3) is 10.9 Å². The summed E-state index contributed by atoms with van der Waals surface area (Å²) in [6, 6.07) is 8.37. The summed E-state index contributed by atoms with van der Waals surface area (Å²) in [5, 5.41) is 3.09. The van der Waals surface area contributed by atoms with Crippen molar-refractivity contribution in [1.29, 1.82) is 0 Å². The van der Waals surface area contributed by atoms with E-state index in [9.17, 15) is 0 Å². The minimum absolute atomic E-state index is 0.878. The molecule has 0 spiro atoms. The molecule has 0 bridgehead atoms. The first-order chi connectivity index (χ1) is 6.36. The topological polar surface area (TPSA) is 15.8 Å². The Bertz CT molecular complexity index is 420. The van der Waals surface area contributed by atoms with Gasteiger partial charge in [-0.2, -0.15) is 0 Å². The molecule has 0 atom stereocenters. The Morgan fingerprint density at radius 3 is 2.54 bits per heavy atom. The highest BCUT2D eigenvalue weighted by molar-refractivity contribution is 9.09. The van der Waals surface area contributed by atoms with Crippen molar-refractivity contribution in [3.63, 3.8) is 0 Å². The first-order valence-corrected chi connectivity index (χ1v) is 6.31. The predicted molar refractivity (Wildman–Crippen MR) is 63.6 cm³/mol. The van der Waals surface area contributed by atoms with Crippen LogP contribution in [-0.4, -0.2) is 4.98 Å². The summed E-state index contributed by atoms with van der Waals surface area (Å²) >= 11 is 6.98. The molecule has 0 fully saturated rings. The summed E-state index contributed by atoms with van der Waals surface area (Å²) < 4.78 is 0. The van der Waals surface area contributed by atoms with Crippen LogP contribution in [0.2, 0.25) is 0 Å². The second-order valence-corrected chi connectivity index (χ2v) is 4.02. The molecule has 68 valence electrons. The highest BCUT2D eigenvalue weighted by atomic mass is 79.9. The van der Waals surface area contributed by atoms with Crippen LogP contribution in [0.3, 0.4) is 0 Å². The molecule has 0 radical (unpaired) electrons. The van der Waals surface area contributed by atoms with Crippen LogP contribution < -0.4 is 0 Å². The molecule has 1 heterocycles. The van der Waals surface area contributed by atoms with Crippen LogP contribution in [0.15, 0.2) is 24.3 Å². The van der Waals surface area contributed by atoms with E-state index in [0.717, 1.165) is 10.7 Å². The minimum Gasteiger partial charge on any atom is -0.357 e. The van der Waals surface area contributed by atoms with Crippen molar-refractivity contribution in [3.8, 4) is 0 Å². The summed E-state index contributed by atoms with van der Waals surface area (Å²) in [7, 11) is 0. The number of hydrogen-bond donors (Lipinski definition) is 1. The lowest BCUT2D eigenvalue weighted by Crippen LogP contribution is -1.82. The maximum atomic E-state index is 3.51.